The molecular formula is C17H31NO4. The van der Waals surface area contributed by atoms with Crippen LogP contribution in [-0.4, -0.2) is 46.2 Å². The zero-order valence-electron chi connectivity index (χ0n) is 14.8. The first-order valence-corrected chi connectivity index (χ1v) is 7.93. The van der Waals surface area contributed by atoms with E-state index in [9.17, 15) is 9.90 Å². The van der Waals surface area contributed by atoms with Crippen LogP contribution in [0.1, 0.15) is 54.4 Å². The number of carbonyl (C=O) groups is 1. The molecule has 0 aliphatic carbocycles. The van der Waals surface area contributed by atoms with Gasteiger partial charge >= 0.3 is 6.09 Å². The van der Waals surface area contributed by atoms with Gasteiger partial charge < -0.3 is 14.6 Å². The van der Waals surface area contributed by atoms with Crippen molar-refractivity contribution in [3.63, 3.8) is 0 Å². The van der Waals surface area contributed by atoms with Crippen LogP contribution in [0.3, 0.4) is 0 Å². The molecule has 1 rings (SSSR count). The molecule has 1 amide bonds. The SMILES string of the molecule is C=C[C@@H](O)C[C@@H](C)C[C@H]1COC(C)(C)N1C(=O)OC(C)(C)C. The third-order valence-corrected chi connectivity index (χ3v) is 3.75. The Labute approximate surface area is 134 Å². The van der Waals surface area contributed by atoms with Crippen LogP contribution in [0.5, 0.6) is 0 Å². The third-order valence-electron chi connectivity index (χ3n) is 3.75. The first-order valence-electron chi connectivity index (χ1n) is 7.93. The second-order valence-corrected chi connectivity index (χ2v) is 7.64. The van der Waals surface area contributed by atoms with E-state index in [4.69, 9.17) is 9.47 Å². The van der Waals surface area contributed by atoms with Crippen molar-refractivity contribution >= 4 is 6.09 Å². The number of aliphatic hydroxyl groups excluding tert-OH is 1. The topological polar surface area (TPSA) is 59.0 Å². The van der Waals surface area contributed by atoms with Crippen molar-refractivity contribution in [1.29, 1.82) is 0 Å². The van der Waals surface area contributed by atoms with E-state index in [0.717, 1.165) is 6.42 Å². The fraction of sp³-hybridized carbons (Fsp3) is 0.824. The summed E-state index contributed by atoms with van der Waals surface area (Å²) in [6.45, 7) is 15.5. The molecule has 5 nitrogen and oxygen atoms in total. The number of hydrogen-bond acceptors (Lipinski definition) is 4. The summed E-state index contributed by atoms with van der Waals surface area (Å²) in [6.07, 6.45) is 2.06. The molecule has 1 saturated heterocycles. The van der Waals surface area contributed by atoms with Gasteiger partial charge in [0.15, 0.2) is 0 Å². The number of carbonyl (C=O) groups excluding carboxylic acids is 1. The highest BCUT2D eigenvalue weighted by atomic mass is 16.6. The fourth-order valence-electron chi connectivity index (χ4n) is 2.81. The lowest BCUT2D eigenvalue weighted by atomic mass is 9.95. The maximum Gasteiger partial charge on any atom is 0.412 e. The lowest BCUT2D eigenvalue weighted by molar-refractivity contribution is -0.0631. The summed E-state index contributed by atoms with van der Waals surface area (Å²) in [5.41, 5.74) is -1.21. The summed E-state index contributed by atoms with van der Waals surface area (Å²) in [6, 6.07) is -0.0446. The van der Waals surface area contributed by atoms with E-state index in [1.807, 2.05) is 34.6 Å². The third kappa shape index (κ3) is 5.29. The van der Waals surface area contributed by atoms with Crippen LogP contribution in [0.2, 0.25) is 0 Å². The minimum Gasteiger partial charge on any atom is -0.444 e. The summed E-state index contributed by atoms with van der Waals surface area (Å²) in [4.78, 5) is 14.2. The van der Waals surface area contributed by atoms with Crippen molar-refractivity contribution in [1.82, 2.24) is 4.90 Å². The molecule has 0 unspecified atom stereocenters. The predicted molar refractivity (Wildman–Crippen MR) is 86.5 cm³/mol. The zero-order valence-corrected chi connectivity index (χ0v) is 14.8. The summed E-state index contributed by atoms with van der Waals surface area (Å²) < 4.78 is 11.3. The zero-order chi connectivity index (χ0) is 17.1. The highest BCUT2D eigenvalue weighted by molar-refractivity contribution is 5.69. The summed E-state index contributed by atoms with van der Waals surface area (Å²) in [7, 11) is 0. The maximum atomic E-state index is 12.5. The Kier molecular flexibility index (Phi) is 6.04. The Hall–Kier alpha value is -1.07. The minimum atomic E-state index is -0.677. The number of hydrogen-bond donors (Lipinski definition) is 1. The molecule has 0 bridgehead atoms. The molecule has 1 aliphatic rings. The molecule has 1 fully saturated rings. The number of ether oxygens (including phenoxy) is 2. The Balaban J connectivity index is 2.76. The second-order valence-electron chi connectivity index (χ2n) is 7.64. The number of nitrogens with zero attached hydrogens (tertiary/aromatic N) is 1. The first kappa shape index (κ1) is 19.0. The summed E-state index contributed by atoms with van der Waals surface area (Å²) in [5.74, 6) is 0.250. The molecule has 1 heterocycles. The van der Waals surface area contributed by atoms with Crippen LogP contribution in [-0.2, 0) is 9.47 Å². The predicted octanol–water partition coefficient (Wildman–Crippen LogP) is 3.32. The van der Waals surface area contributed by atoms with Gasteiger partial charge in [-0.15, -0.1) is 6.58 Å². The molecule has 0 aromatic rings. The molecule has 0 radical (unpaired) electrons. The number of aliphatic hydroxyl groups is 1. The van der Waals surface area contributed by atoms with Crippen molar-refractivity contribution in [2.75, 3.05) is 6.61 Å². The summed E-state index contributed by atoms with van der Waals surface area (Å²) in [5, 5.41) is 9.68. The summed E-state index contributed by atoms with van der Waals surface area (Å²) >= 11 is 0. The largest absolute Gasteiger partial charge is 0.444 e. The highest BCUT2D eigenvalue weighted by Crippen LogP contribution is 2.33. The van der Waals surface area contributed by atoms with Crippen molar-refractivity contribution in [3.8, 4) is 0 Å². The molecule has 0 aromatic carbocycles. The van der Waals surface area contributed by atoms with Crippen LogP contribution >= 0.6 is 0 Å². The van der Waals surface area contributed by atoms with Gasteiger partial charge in [-0.05, 0) is 53.4 Å². The van der Waals surface area contributed by atoms with E-state index >= 15 is 0 Å². The monoisotopic (exact) mass is 313 g/mol. The van der Waals surface area contributed by atoms with Crippen LogP contribution in [0, 0.1) is 5.92 Å². The van der Waals surface area contributed by atoms with Crippen molar-refractivity contribution in [2.45, 2.75) is 77.9 Å². The van der Waals surface area contributed by atoms with E-state index in [1.165, 1.54) is 6.08 Å². The van der Waals surface area contributed by atoms with Crippen molar-refractivity contribution in [3.05, 3.63) is 12.7 Å². The molecule has 0 spiro atoms. The standard InChI is InChI=1S/C17H31NO4/c1-8-14(19)10-12(2)9-13-11-21-17(6,7)18(13)15(20)22-16(3,4)5/h8,12-14,19H,1,9-11H2,2-7H3/t12-,13-,14+/m0/s1. The molecule has 22 heavy (non-hydrogen) atoms. The normalized spacial score (nSPS) is 24.0. The molecule has 5 heteroatoms. The molecule has 0 saturated carbocycles. The van der Waals surface area contributed by atoms with Gasteiger partial charge in [0.25, 0.3) is 0 Å². The van der Waals surface area contributed by atoms with Gasteiger partial charge in [0.2, 0.25) is 0 Å². The number of amides is 1. The lowest BCUT2D eigenvalue weighted by Gasteiger charge is -2.35. The van der Waals surface area contributed by atoms with Crippen molar-refractivity contribution in [2.24, 2.45) is 5.92 Å². The van der Waals surface area contributed by atoms with E-state index < -0.39 is 17.4 Å². The first-order chi connectivity index (χ1) is 9.96. The molecule has 1 N–H and O–H groups in total. The molecular weight excluding hydrogens is 282 g/mol. The fourth-order valence-corrected chi connectivity index (χ4v) is 2.81. The van der Waals surface area contributed by atoms with E-state index in [0.29, 0.717) is 13.0 Å². The Morgan fingerprint density at radius 3 is 2.64 bits per heavy atom. The van der Waals surface area contributed by atoms with E-state index in [1.54, 1.807) is 4.90 Å². The molecule has 3 atom stereocenters. The van der Waals surface area contributed by atoms with Gasteiger partial charge in [-0.3, -0.25) is 4.90 Å². The quantitative estimate of drug-likeness (QED) is 0.791. The smallest absolute Gasteiger partial charge is 0.412 e. The van der Waals surface area contributed by atoms with Gasteiger partial charge in [0.1, 0.15) is 11.3 Å². The van der Waals surface area contributed by atoms with Crippen LogP contribution in [0.25, 0.3) is 0 Å². The Morgan fingerprint density at radius 1 is 1.55 bits per heavy atom. The average molecular weight is 313 g/mol. The minimum absolute atomic E-state index is 0.0446. The van der Waals surface area contributed by atoms with Crippen molar-refractivity contribution < 1.29 is 19.4 Å². The molecule has 0 aromatic heterocycles. The Morgan fingerprint density at radius 2 is 2.14 bits per heavy atom. The lowest BCUT2D eigenvalue weighted by Crippen LogP contribution is -2.50. The second kappa shape index (κ2) is 7.01. The van der Waals surface area contributed by atoms with Gasteiger partial charge in [0, 0.05) is 0 Å². The van der Waals surface area contributed by atoms with Gasteiger partial charge in [-0.25, -0.2) is 4.79 Å². The van der Waals surface area contributed by atoms with E-state index in [2.05, 4.69) is 13.5 Å². The average Bonchev–Trinajstić information content (AvgIpc) is 2.61. The number of rotatable bonds is 5. The van der Waals surface area contributed by atoms with Crippen LogP contribution in [0.4, 0.5) is 4.79 Å². The molecule has 128 valence electrons. The molecule has 1 aliphatic heterocycles. The van der Waals surface area contributed by atoms with Gasteiger partial charge in [-0.1, -0.05) is 13.0 Å². The van der Waals surface area contributed by atoms with Gasteiger partial charge in [-0.2, -0.15) is 0 Å². The highest BCUT2D eigenvalue weighted by Gasteiger charge is 2.45. The van der Waals surface area contributed by atoms with Crippen LogP contribution in [0.15, 0.2) is 12.7 Å². The van der Waals surface area contributed by atoms with Gasteiger partial charge in [0.05, 0.1) is 18.8 Å². The van der Waals surface area contributed by atoms with E-state index in [-0.39, 0.29) is 18.1 Å². The Bertz CT molecular complexity index is 400. The maximum absolute atomic E-state index is 12.5. The van der Waals surface area contributed by atoms with Crippen LogP contribution < -0.4 is 0 Å².